The van der Waals surface area contributed by atoms with Crippen molar-refractivity contribution in [1.29, 1.82) is 0 Å². The third kappa shape index (κ3) is 12.3. The number of primary sulfonamides is 1. The Morgan fingerprint density at radius 3 is 1.79 bits per heavy atom. The zero-order valence-corrected chi connectivity index (χ0v) is 40.1. The van der Waals surface area contributed by atoms with Gasteiger partial charge >= 0.3 is 12.1 Å². The molecule has 0 saturated carbocycles. The molecule has 1 unspecified atom stereocenters. The molecule has 0 bridgehead atoms. The Labute approximate surface area is 413 Å². The molecule has 1 atom stereocenters. The van der Waals surface area contributed by atoms with Crippen molar-refractivity contribution < 1.29 is 64.9 Å². The summed E-state index contributed by atoms with van der Waals surface area (Å²) in [5.41, 5.74) is 18.4. The van der Waals surface area contributed by atoms with E-state index in [0.717, 1.165) is 40.4 Å². The minimum atomic E-state index is -5.08. The first-order chi connectivity index (χ1) is 34.5. The number of morpholine rings is 1. The number of primary amides is 2. The number of hydrogen-bond donors (Lipinski definition) is 7. The number of benzene rings is 2. The highest BCUT2D eigenvalue weighted by Crippen LogP contribution is 2.39. The molecule has 3 aliphatic rings. The molecule has 0 spiro atoms. The maximum atomic E-state index is 13.2. The number of aromatic nitrogens is 4. The first-order valence-corrected chi connectivity index (χ1v) is 24.0. The molecule has 9 rings (SSSR count). The van der Waals surface area contributed by atoms with Gasteiger partial charge in [0.05, 0.1) is 76.6 Å². The molecule has 22 nitrogen and oxygen atoms in total. The number of carboxylic acid groups (broad SMARTS) is 1. The number of halogens is 3. The second-order valence-corrected chi connectivity index (χ2v) is 18.4. The number of pyridine rings is 4. The lowest BCUT2D eigenvalue weighted by Gasteiger charge is -2.31. The van der Waals surface area contributed by atoms with Crippen molar-refractivity contribution in [1.82, 2.24) is 30.2 Å². The van der Waals surface area contributed by atoms with E-state index in [4.69, 9.17) is 40.7 Å². The van der Waals surface area contributed by atoms with Gasteiger partial charge in [-0.2, -0.15) is 13.2 Å². The Morgan fingerprint density at radius 2 is 1.30 bits per heavy atom. The maximum Gasteiger partial charge on any atom is 0.490 e. The summed E-state index contributed by atoms with van der Waals surface area (Å²) in [6.45, 7) is 7.88. The van der Waals surface area contributed by atoms with E-state index in [1.165, 1.54) is 18.5 Å². The SMILES string of the molecule is Cc1nc(C(=O)N2CCOC(C)C2)cc2c(Nc3cccc4c3CCO4)c(C(N)=O)cnc12.Cc1nc(C(N)=O)cc2c(Nc3cccc4c3CCO4)c(C(=O)NCCS(N)(=O)=O)cnc12.O=C(O)C(F)(F)F. The molecular weight excluding hydrogens is 984 g/mol. The van der Waals surface area contributed by atoms with Gasteiger partial charge in [-0.25, -0.2) is 28.3 Å². The van der Waals surface area contributed by atoms with Gasteiger partial charge in [0.1, 0.15) is 22.9 Å². The van der Waals surface area contributed by atoms with Gasteiger partial charge in [-0.15, -0.1) is 0 Å². The molecule has 384 valence electrons. The van der Waals surface area contributed by atoms with Gasteiger partial charge in [-0.3, -0.25) is 29.1 Å². The molecule has 2 aromatic carbocycles. The molecule has 0 aliphatic carbocycles. The van der Waals surface area contributed by atoms with Crippen LogP contribution in [-0.4, -0.2) is 125 Å². The molecule has 0 radical (unpaired) electrons. The summed E-state index contributed by atoms with van der Waals surface area (Å²) in [4.78, 5) is 78.5. The number of anilines is 4. The van der Waals surface area contributed by atoms with E-state index in [2.05, 4.69) is 35.9 Å². The first kappa shape index (κ1) is 52.6. The third-order valence-electron chi connectivity index (χ3n) is 11.5. The fraction of sp³-hybridized carbons (Fsp3) is 0.298. The summed E-state index contributed by atoms with van der Waals surface area (Å²) in [5, 5.41) is 22.4. The highest BCUT2D eigenvalue weighted by molar-refractivity contribution is 7.89. The Morgan fingerprint density at radius 1 is 0.795 bits per heavy atom. The second-order valence-electron chi connectivity index (χ2n) is 16.7. The van der Waals surface area contributed by atoms with Crippen molar-refractivity contribution in [2.24, 2.45) is 16.6 Å². The Hall–Kier alpha value is -8.23. The Balaban J connectivity index is 0.000000189. The predicted molar refractivity (Wildman–Crippen MR) is 259 cm³/mol. The van der Waals surface area contributed by atoms with Crippen LogP contribution in [0.3, 0.4) is 0 Å². The van der Waals surface area contributed by atoms with Crippen LogP contribution < -0.4 is 42.0 Å². The van der Waals surface area contributed by atoms with Gasteiger partial charge in [0.15, 0.2) is 0 Å². The van der Waals surface area contributed by atoms with Crippen molar-refractivity contribution in [3.8, 4) is 11.5 Å². The lowest BCUT2D eigenvalue weighted by atomic mass is 10.0. The van der Waals surface area contributed by atoms with Crippen molar-refractivity contribution in [3.05, 3.63) is 106 Å². The summed E-state index contributed by atoms with van der Waals surface area (Å²) in [5.74, 6) is -3.69. The molecule has 6 aromatic rings. The van der Waals surface area contributed by atoms with Crippen molar-refractivity contribution in [2.75, 3.05) is 55.8 Å². The van der Waals surface area contributed by atoms with E-state index in [0.29, 0.717) is 89.6 Å². The molecule has 4 amide bonds. The Kier molecular flexibility index (Phi) is 15.6. The number of rotatable bonds is 11. The van der Waals surface area contributed by atoms with Crippen LogP contribution in [0.15, 0.2) is 60.9 Å². The average Bonchev–Trinajstić information content (AvgIpc) is 4.03. The van der Waals surface area contributed by atoms with Crippen LogP contribution in [0, 0.1) is 13.8 Å². The number of carbonyl (C=O) groups is 5. The second kappa shape index (κ2) is 21.6. The summed E-state index contributed by atoms with van der Waals surface area (Å²) >= 11 is 0. The van der Waals surface area contributed by atoms with Gasteiger partial charge < -0.3 is 51.6 Å². The fourth-order valence-electron chi connectivity index (χ4n) is 8.09. The minimum absolute atomic E-state index is 0.0262. The number of nitrogens with zero attached hydrogens (tertiary/aromatic N) is 5. The normalized spacial score (nSPS) is 14.8. The molecule has 26 heteroatoms. The smallest absolute Gasteiger partial charge is 0.490 e. The zero-order valence-electron chi connectivity index (χ0n) is 39.3. The minimum Gasteiger partial charge on any atom is -0.493 e. The van der Waals surface area contributed by atoms with Crippen molar-refractivity contribution in [2.45, 2.75) is 45.9 Å². The number of amides is 4. The van der Waals surface area contributed by atoms with Crippen LogP contribution in [0.2, 0.25) is 0 Å². The number of fused-ring (bicyclic) bond motifs is 4. The summed E-state index contributed by atoms with van der Waals surface area (Å²) < 4.78 is 71.0. The van der Waals surface area contributed by atoms with Gasteiger partial charge in [0.2, 0.25) is 10.0 Å². The van der Waals surface area contributed by atoms with Crippen LogP contribution in [-0.2, 0) is 32.4 Å². The van der Waals surface area contributed by atoms with Gasteiger partial charge in [-0.1, -0.05) is 12.1 Å². The molecule has 1 saturated heterocycles. The summed E-state index contributed by atoms with van der Waals surface area (Å²) in [6, 6.07) is 14.4. The molecule has 7 heterocycles. The number of nitrogens with one attached hydrogen (secondary N) is 3. The zero-order chi connectivity index (χ0) is 52.9. The molecule has 4 aromatic heterocycles. The van der Waals surface area contributed by atoms with Crippen LogP contribution in [0.1, 0.15) is 71.1 Å². The average molecular weight is 1030 g/mol. The lowest BCUT2D eigenvalue weighted by Crippen LogP contribution is -2.44. The highest BCUT2D eigenvalue weighted by atomic mass is 32.2. The topological polar surface area (TPSA) is 336 Å². The van der Waals surface area contributed by atoms with Gasteiger partial charge in [-0.05, 0) is 57.2 Å². The number of ether oxygens (including phenoxy) is 3. The van der Waals surface area contributed by atoms with E-state index in [1.54, 1.807) is 24.8 Å². The quantitative estimate of drug-likeness (QED) is 0.0966. The number of aryl methyl sites for hydroxylation is 2. The number of aliphatic carboxylic acids is 1. The Bertz CT molecular complexity index is 3310. The van der Waals surface area contributed by atoms with Crippen LogP contribution in [0.5, 0.6) is 11.5 Å². The summed E-state index contributed by atoms with van der Waals surface area (Å²) in [7, 11) is -3.74. The number of hydrogen-bond acceptors (Lipinski definition) is 16. The maximum absolute atomic E-state index is 13.2. The first-order valence-electron chi connectivity index (χ1n) is 22.2. The molecule has 3 aliphatic heterocycles. The predicted octanol–water partition coefficient (Wildman–Crippen LogP) is 3.94. The monoisotopic (exact) mass is 1030 g/mol. The van der Waals surface area contributed by atoms with E-state index >= 15 is 0 Å². The third-order valence-corrected chi connectivity index (χ3v) is 12.3. The number of nitrogens with two attached hydrogens (primary N) is 3. The number of sulfonamides is 1. The largest absolute Gasteiger partial charge is 0.493 e. The standard InChI is InChI=1S/C24H25N5O4.C21H22N6O5S.C2HF3O2/c1-13-12-29(7-9-32-13)24(31)19-10-16-21(14(2)27-19)26-11-17(23(25)30)22(16)28-18-4-3-5-20-15(18)6-8-33-20;1-11-18-13(9-16(26-11)20(22)28)19(27-15-3-2-4-17-12(15)5-7-32-17)14(10-25-18)21(29)24-6-8-33(23,30)31;3-2(4,5)1(6)7/h3-5,10-11,13H,6-9,12H2,1-2H3,(H2,25,30)(H,26,28);2-4,9-10H,5-8H2,1H3,(H2,22,28)(H,24,29)(H,25,27)(H2,23,30,31);(H,6,7). The van der Waals surface area contributed by atoms with Crippen LogP contribution in [0.25, 0.3) is 21.8 Å². The molecule has 10 N–H and O–H groups in total. The number of carboxylic acids is 1. The molecule has 73 heavy (non-hydrogen) atoms. The number of carbonyl (C=O) groups excluding carboxylic acids is 4. The number of alkyl halides is 3. The van der Waals surface area contributed by atoms with Crippen LogP contribution >= 0.6 is 0 Å². The van der Waals surface area contributed by atoms with E-state index in [-0.39, 0.29) is 35.4 Å². The highest BCUT2D eigenvalue weighted by Gasteiger charge is 2.38. The van der Waals surface area contributed by atoms with Crippen molar-refractivity contribution >= 4 is 84.2 Å². The fourth-order valence-corrected chi connectivity index (χ4v) is 8.48. The molecule has 1 fully saturated rings. The van der Waals surface area contributed by atoms with Crippen molar-refractivity contribution in [3.63, 3.8) is 0 Å². The van der Waals surface area contributed by atoms with E-state index in [1.807, 2.05) is 43.3 Å². The lowest BCUT2D eigenvalue weighted by molar-refractivity contribution is -0.192. The van der Waals surface area contributed by atoms with Gasteiger partial charge in [0.25, 0.3) is 23.6 Å². The van der Waals surface area contributed by atoms with E-state index in [9.17, 15) is 40.8 Å². The summed E-state index contributed by atoms with van der Waals surface area (Å²) in [6.07, 6.45) is -0.855. The van der Waals surface area contributed by atoms with E-state index < -0.39 is 45.6 Å². The molecular formula is C47H48F3N11O11S. The van der Waals surface area contributed by atoms with Crippen LogP contribution in [0.4, 0.5) is 35.9 Å². The van der Waals surface area contributed by atoms with Gasteiger partial charge in [0, 0.05) is 78.1 Å².